The van der Waals surface area contributed by atoms with Crippen LogP contribution in [-0.4, -0.2) is 18.6 Å². The first-order valence-electron chi connectivity index (χ1n) is 9.49. The second-order valence-corrected chi connectivity index (χ2v) is 6.97. The molecule has 0 fully saturated rings. The standard InChI is InChI=1S/C24H24FNO2/c1-19(28-24(27)22-14-8-9-15-23(22)25)16-26(17-20-10-4-2-5-11-20)18-21-12-6-3-7-13-21/h2-15,19H,16-18H2,1H3/p+1/t19-/m0/s1. The number of ether oxygens (including phenoxy) is 1. The van der Waals surface area contributed by atoms with Crippen LogP contribution in [0, 0.1) is 5.82 Å². The molecule has 4 heteroatoms. The van der Waals surface area contributed by atoms with Gasteiger partial charge in [-0.15, -0.1) is 0 Å². The first kappa shape index (κ1) is 19.8. The molecule has 3 nitrogen and oxygen atoms in total. The predicted octanol–water partition coefficient (Wildman–Crippen LogP) is 3.66. The van der Waals surface area contributed by atoms with Crippen LogP contribution in [0.25, 0.3) is 0 Å². The predicted molar refractivity (Wildman–Crippen MR) is 107 cm³/mol. The molecule has 0 bridgehead atoms. The first-order chi connectivity index (χ1) is 13.6. The summed E-state index contributed by atoms with van der Waals surface area (Å²) in [6.45, 7) is 4.12. The second-order valence-electron chi connectivity index (χ2n) is 6.97. The molecule has 0 saturated heterocycles. The fraction of sp³-hybridized carbons (Fsp3) is 0.208. The number of halogens is 1. The minimum atomic E-state index is -0.621. The Hall–Kier alpha value is -2.98. The average molecular weight is 378 g/mol. The van der Waals surface area contributed by atoms with Crippen molar-refractivity contribution < 1.29 is 18.8 Å². The van der Waals surface area contributed by atoms with Gasteiger partial charge >= 0.3 is 5.97 Å². The Bertz CT molecular complexity index is 842. The van der Waals surface area contributed by atoms with Crippen molar-refractivity contribution in [3.05, 3.63) is 107 Å². The van der Waals surface area contributed by atoms with E-state index < -0.39 is 11.8 Å². The lowest BCUT2D eigenvalue weighted by molar-refractivity contribution is -0.930. The Morgan fingerprint density at radius 1 is 0.857 bits per heavy atom. The zero-order valence-electron chi connectivity index (χ0n) is 16.0. The number of hydrogen-bond acceptors (Lipinski definition) is 2. The third-order valence-corrected chi connectivity index (χ3v) is 4.57. The van der Waals surface area contributed by atoms with Crippen molar-refractivity contribution in [2.75, 3.05) is 6.54 Å². The van der Waals surface area contributed by atoms with Crippen molar-refractivity contribution in [2.24, 2.45) is 0 Å². The van der Waals surface area contributed by atoms with Gasteiger partial charge in [0.2, 0.25) is 0 Å². The largest absolute Gasteiger partial charge is 0.453 e. The molecule has 0 aliphatic rings. The third kappa shape index (κ3) is 5.76. The monoisotopic (exact) mass is 378 g/mol. The van der Waals surface area contributed by atoms with E-state index in [1.807, 2.05) is 43.3 Å². The van der Waals surface area contributed by atoms with Gasteiger partial charge in [-0.05, 0) is 19.1 Å². The first-order valence-corrected chi connectivity index (χ1v) is 9.49. The Balaban J connectivity index is 1.67. The van der Waals surface area contributed by atoms with Gasteiger partial charge in [-0.25, -0.2) is 9.18 Å². The maximum absolute atomic E-state index is 13.8. The van der Waals surface area contributed by atoms with Crippen molar-refractivity contribution in [1.82, 2.24) is 0 Å². The van der Waals surface area contributed by atoms with Gasteiger partial charge in [0.25, 0.3) is 0 Å². The van der Waals surface area contributed by atoms with Crippen molar-refractivity contribution in [3.63, 3.8) is 0 Å². The molecule has 3 aromatic carbocycles. The van der Waals surface area contributed by atoms with Crippen LogP contribution in [0.15, 0.2) is 84.9 Å². The Morgan fingerprint density at radius 3 is 1.89 bits per heavy atom. The van der Waals surface area contributed by atoms with Crippen LogP contribution in [0.2, 0.25) is 0 Å². The maximum atomic E-state index is 13.8. The van der Waals surface area contributed by atoms with Crippen molar-refractivity contribution in [3.8, 4) is 0 Å². The summed E-state index contributed by atoms with van der Waals surface area (Å²) in [5.41, 5.74) is 2.42. The molecule has 0 aliphatic carbocycles. The van der Waals surface area contributed by atoms with Crippen LogP contribution in [0.5, 0.6) is 0 Å². The summed E-state index contributed by atoms with van der Waals surface area (Å²) >= 11 is 0. The molecule has 0 amide bonds. The van der Waals surface area contributed by atoms with Crippen LogP contribution < -0.4 is 4.90 Å². The minimum Gasteiger partial charge on any atom is -0.453 e. The highest BCUT2D eigenvalue weighted by atomic mass is 19.1. The van der Waals surface area contributed by atoms with Gasteiger partial charge in [0.15, 0.2) is 0 Å². The fourth-order valence-corrected chi connectivity index (χ4v) is 3.30. The lowest BCUT2D eigenvalue weighted by Crippen LogP contribution is -3.10. The second kappa shape index (κ2) is 9.81. The molecule has 3 rings (SSSR count). The molecule has 0 spiro atoms. The van der Waals surface area contributed by atoms with Gasteiger partial charge in [-0.2, -0.15) is 0 Å². The highest BCUT2D eigenvalue weighted by Gasteiger charge is 2.20. The van der Waals surface area contributed by atoms with Gasteiger partial charge in [0, 0.05) is 11.1 Å². The Morgan fingerprint density at radius 2 is 1.36 bits per heavy atom. The lowest BCUT2D eigenvalue weighted by atomic mass is 10.1. The number of nitrogens with one attached hydrogen (secondary N) is 1. The zero-order valence-corrected chi connectivity index (χ0v) is 16.0. The topological polar surface area (TPSA) is 30.7 Å². The molecule has 0 aliphatic heterocycles. The minimum absolute atomic E-state index is 0.0259. The van der Waals surface area contributed by atoms with Crippen LogP contribution >= 0.6 is 0 Å². The van der Waals surface area contributed by atoms with Gasteiger partial charge < -0.3 is 9.64 Å². The molecule has 1 atom stereocenters. The van der Waals surface area contributed by atoms with Gasteiger partial charge in [0.1, 0.15) is 31.6 Å². The quantitative estimate of drug-likeness (QED) is 0.607. The Kier molecular flexibility index (Phi) is 6.93. The molecule has 28 heavy (non-hydrogen) atoms. The highest BCUT2D eigenvalue weighted by molar-refractivity contribution is 5.89. The summed E-state index contributed by atoms with van der Waals surface area (Å²) in [7, 11) is 0. The van der Waals surface area contributed by atoms with E-state index in [1.165, 1.54) is 28.2 Å². The number of benzene rings is 3. The molecular weight excluding hydrogens is 353 g/mol. The fourth-order valence-electron chi connectivity index (χ4n) is 3.30. The summed E-state index contributed by atoms with van der Waals surface area (Å²) in [5, 5.41) is 0. The highest BCUT2D eigenvalue weighted by Crippen LogP contribution is 2.09. The number of hydrogen-bond donors (Lipinski definition) is 1. The molecule has 1 N–H and O–H groups in total. The summed E-state index contributed by atoms with van der Waals surface area (Å²) in [6.07, 6.45) is -0.338. The van der Waals surface area contributed by atoms with Crippen LogP contribution in [0.1, 0.15) is 28.4 Å². The third-order valence-electron chi connectivity index (χ3n) is 4.57. The number of quaternary nitrogens is 1. The van der Waals surface area contributed by atoms with E-state index in [0.29, 0.717) is 6.54 Å². The molecular formula is C24H25FNO2+. The molecule has 0 saturated carbocycles. The number of rotatable bonds is 8. The van der Waals surface area contributed by atoms with Crippen molar-refractivity contribution in [1.29, 1.82) is 0 Å². The van der Waals surface area contributed by atoms with Crippen LogP contribution in [0.4, 0.5) is 4.39 Å². The van der Waals surface area contributed by atoms with Gasteiger partial charge in [-0.3, -0.25) is 0 Å². The van der Waals surface area contributed by atoms with Gasteiger partial charge in [0.05, 0.1) is 5.56 Å². The molecule has 3 aromatic rings. The normalized spacial score (nSPS) is 12.0. The van der Waals surface area contributed by atoms with E-state index in [1.54, 1.807) is 12.1 Å². The van der Waals surface area contributed by atoms with E-state index in [0.717, 1.165) is 13.1 Å². The lowest BCUT2D eigenvalue weighted by Gasteiger charge is -2.23. The zero-order chi connectivity index (χ0) is 19.8. The van der Waals surface area contributed by atoms with E-state index in [9.17, 15) is 9.18 Å². The summed E-state index contributed by atoms with van der Waals surface area (Å²) < 4.78 is 19.3. The summed E-state index contributed by atoms with van der Waals surface area (Å²) in [4.78, 5) is 13.6. The van der Waals surface area contributed by atoms with Crippen molar-refractivity contribution >= 4 is 5.97 Å². The van der Waals surface area contributed by atoms with E-state index >= 15 is 0 Å². The molecule has 0 unspecified atom stereocenters. The molecule has 0 radical (unpaired) electrons. The van der Waals surface area contributed by atoms with Crippen LogP contribution in [0.3, 0.4) is 0 Å². The van der Waals surface area contributed by atoms with Gasteiger partial charge in [-0.1, -0.05) is 72.8 Å². The summed E-state index contributed by atoms with van der Waals surface area (Å²) in [5.74, 6) is -1.18. The van der Waals surface area contributed by atoms with E-state index in [4.69, 9.17) is 4.74 Å². The van der Waals surface area contributed by atoms with Crippen LogP contribution in [-0.2, 0) is 17.8 Å². The van der Waals surface area contributed by atoms with Crippen molar-refractivity contribution in [2.45, 2.75) is 26.1 Å². The molecule has 0 aromatic heterocycles. The van der Waals surface area contributed by atoms with E-state index in [2.05, 4.69) is 24.3 Å². The summed E-state index contributed by atoms with van der Waals surface area (Å²) in [6, 6.07) is 26.4. The molecule has 0 heterocycles. The smallest absolute Gasteiger partial charge is 0.341 e. The average Bonchev–Trinajstić information content (AvgIpc) is 2.69. The number of carbonyl (C=O) groups is 1. The molecule has 144 valence electrons. The Labute approximate surface area is 165 Å². The maximum Gasteiger partial charge on any atom is 0.341 e. The number of esters is 1. The SMILES string of the molecule is C[C@@H](C[NH+](Cc1ccccc1)Cc1ccccc1)OC(=O)c1ccccc1F. The number of carbonyl (C=O) groups excluding carboxylic acids is 1. The van der Waals surface area contributed by atoms with E-state index in [-0.39, 0.29) is 11.7 Å².